The van der Waals surface area contributed by atoms with Crippen LogP contribution in [0.3, 0.4) is 0 Å². The van der Waals surface area contributed by atoms with E-state index >= 15 is 0 Å². The van der Waals surface area contributed by atoms with Gasteiger partial charge >= 0.3 is 7.47 Å². The molecule has 0 fully saturated rings. The molecule has 2 nitrogen and oxygen atoms in total. The number of benzene rings is 2. The van der Waals surface area contributed by atoms with Crippen LogP contribution in [0.2, 0.25) is 0 Å². The molecule has 2 aromatic rings. The Morgan fingerprint density at radius 1 is 0.857 bits per heavy atom. The smallest absolute Gasteiger partial charge is 0.505 e. The van der Waals surface area contributed by atoms with E-state index in [1.165, 1.54) is 0 Å². The molecule has 0 aliphatic carbocycles. The van der Waals surface area contributed by atoms with Crippen molar-refractivity contribution in [2.75, 3.05) is 0 Å². The first-order chi connectivity index (χ1) is 13.5. The van der Waals surface area contributed by atoms with Crippen molar-refractivity contribution < 1.29 is 18.1 Å². The number of aryl methyl sites for hydroxylation is 2. The molecule has 2 aromatic carbocycles. The molecular weight excluding hydrogens is 357 g/mol. The maximum atomic E-state index is 12.9. The van der Waals surface area contributed by atoms with Gasteiger partial charge in [0, 0.05) is 17.2 Å². The molecule has 28 heavy (non-hydrogen) atoms. The van der Waals surface area contributed by atoms with E-state index in [1.54, 1.807) is 24.3 Å². The minimum Gasteiger partial charge on any atom is -0.505 e. The number of hydrogen-bond acceptors (Lipinski definition) is 2. The van der Waals surface area contributed by atoms with Gasteiger partial charge in [-0.1, -0.05) is 75.2 Å². The monoisotopic (exact) mass is 384 g/mol. The van der Waals surface area contributed by atoms with Crippen molar-refractivity contribution in [3.63, 3.8) is 0 Å². The maximum absolute atomic E-state index is 12.9. The first-order valence-corrected chi connectivity index (χ1v) is 9.92. The third kappa shape index (κ3) is 6.95. The van der Waals surface area contributed by atoms with Gasteiger partial charge in [0.25, 0.3) is 0 Å². The third-order valence-electron chi connectivity index (χ3n) is 4.59. The van der Waals surface area contributed by atoms with Crippen LogP contribution in [-0.4, -0.2) is 13.3 Å². The topological polar surface area (TPSA) is 26.3 Å². The minimum absolute atomic E-state index is 0.114. The molecule has 0 unspecified atom stereocenters. The maximum Gasteiger partial charge on any atom is 0.796 e. The van der Waals surface area contributed by atoms with Gasteiger partial charge in [0.2, 0.25) is 0 Å². The summed E-state index contributed by atoms with van der Waals surface area (Å²) in [6.45, 7) is 4.25. The zero-order chi connectivity index (χ0) is 20.4. The lowest BCUT2D eigenvalue weighted by Crippen LogP contribution is -2.07. The molecule has 0 saturated carbocycles. The molecule has 148 valence electrons. The Labute approximate surface area is 166 Å². The summed E-state index contributed by atoms with van der Waals surface area (Å²) in [4.78, 5) is 12.5. The molecule has 0 aromatic heterocycles. The predicted molar refractivity (Wildman–Crippen MR) is 111 cm³/mol. The summed E-state index contributed by atoms with van der Waals surface area (Å²) in [6, 6.07) is 14.5. The minimum atomic E-state index is -2.99. The van der Waals surface area contributed by atoms with Gasteiger partial charge in [-0.25, -0.2) is 8.63 Å². The molecule has 0 amide bonds. The summed E-state index contributed by atoms with van der Waals surface area (Å²) < 4.78 is 30.4. The number of halogens is 2. The van der Waals surface area contributed by atoms with Crippen molar-refractivity contribution in [1.82, 2.24) is 0 Å². The van der Waals surface area contributed by atoms with Gasteiger partial charge in [-0.3, -0.25) is 4.79 Å². The highest BCUT2D eigenvalue weighted by Gasteiger charge is 2.21. The van der Waals surface area contributed by atoms with Crippen LogP contribution in [0.4, 0.5) is 8.63 Å². The molecule has 2 rings (SSSR count). The van der Waals surface area contributed by atoms with Crippen LogP contribution < -0.4 is 0 Å². The number of rotatable bonds is 11. The van der Waals surface area contributed by atoms with Gasteiger partial charge in [0.15, 0.2) is 5.78 Å². The summed E-state index contributed by atoms with van der Waals surface area (Å²) in [5.74, 6) is -0.468. The highest BCUT2D eigenvalue weighted by atomic mass is 19.2. The summed E-state index contributed by atoms with van der Waals surface area (Å²) in [5, 5.41) is 0. The lowest BCUT2D eigenvalue weighted by atomic mass is 10.0. The second-order valence-electron chi connectivity index (χ2n) is 6.85. The number of carbonyl (C=O) groups excluding carboxylic acids is 1. The van der Waals surface area contributed by atoms with Crippen LogP contribution in [0.1, 0.15) is 66.6 Å². The number of carbonyl (C=O) groups is 1. The summed E-state index contributed by atoms with van der Waals surface area (Å²) in [7, 11) is -2.99. The largest absolute Gasteiger partial charge is 0.796 e. The van der Waals surface area contributed by atoms with E-state index in [0.29, 0.717) is 11.1 Å². The molecule has 0 aliphatic heterocycles. The molecule has 0 radical (unpaired) electrons. The van der Waals surface area contributed by atoms with Crippen LogP contribution in [0.25, 0.3) is 5.76 Å². The summed E-state index contributed by atoms with van der Waals surface area (Å²) in [5.41, 5.74) is 3.22. The van der Waals surface area contributed by atoms with Crippen LogP contribution in [0.15, 0.2) is 54.6 Å². The Balaban J connectivity index is 2.19. The van der Waals surface area contributed by atoms with Gasteiger partial charge in [-0.2, -0.15) is 0 Å². The lowest BCUT2D eigenvalue weighted by molar-refractivity contribution is 0.104. The third-order valence-corrected chi connectivity index (χ3v) is 4.59. The second kappa shape index (κ2) is 11.4. The Morgan fingerprint density at radius 2 is 1.32 bits per heavy atom. The molecule has 0 N–H and O–H groups in total. The number of ketones is 1. The fourth-order valence-electron chi connectivity index (χ4n) is 2.92. The SMILES string of the molecule is CCCCc1ccc(C(=O)/C=C(\OB(F)F)c2ccc(CCCC)cc2)cc1. The molecular formula is C23H27BF2O2. The highest BCUT2D eigenvalue weighted by molar-refractivity contribution is 6.36. The molecule has 0 bridgehead atoms. The fourth-order valence-corrected chi connectivity index (χ4v) is 2.92. The molecule has 5 heteroatoms. The number of allylic oxidation sites excluding steroid dienone is 1. The van der Waals surface area contributed by atoms with E-state index in [1.807, 2.05) is 24.3 Å². The fraction of sp³-hybridized carbons (Fsp3) is 0.348. The van der Waals surface area contributed by atoms with Crippen LogP contribution >= 0.6 is 0 Å². The molecule has 0 heterocycles. The van der Waals surface area contributed by atoms with Crippen LogP contribution in [-0.2, 0) is 17.5 Å². The quantitative estimate of drug-likeness (QED) is 0.190. The van der Waals surface area contributed by atoms with Crippen molar-refractivity contribution in [1.29, 1.82) is 0 Å². The first kappa shape index (κ1) is 21.9. The van der Waals surface area contributed by atoms with Crippen molar-refractivity contribution in [2.24, 2.45) is 0 Å². The Morgan fingerprint density at radius 3 is 1.75 bits per heavy atom. The zero-order valence-corrected chi connectivity index (χ0v) is 16.6. The van der Waals surface area contributed by atoms with Gasteiger partial charge < -0.3 is 4.65 Å². The zero-order valence-electron chi connectivity index (χ0n) is 16.6. The van der Waals surface area contributed by atoms with Gasteiger partial charge in [-0.15, -0.1) is 0 Å². The lowest BCUT2D eigenvalue weighted by Gasteiger charge is -2.10. The Hall–Kier alpha value is -2.43. The van der Waals surface area contributed by atoms with Crippen molar-refractivity contribution in [3.8, 4) is 0 Å². The second-order valence-corrected chi connectivity index (χ2v) is 6.85. The molecule has 0 aliphatic rings. The predicted octanol–water partition coefficient (Wildman–Crippen LogP) is 6.54. The van der Waals surface area contributed by atoms with Gasteiger partial charge in [-0.05, 0) is 36.8 Å². The van der Waals surface area contributed by atoms with Crippen molar-refractivity contribution in [2.45, 2.75) is 52.4 Å². The summed E-state index contributed by atoms with van der Waals surface area (Å²) >= 11 is 0. The standard InChI is InChI=1S/C23H27BF2O2/c1-3-5-7-18-9-13-20(14-10-18)22(27)17-23(28-24(25)26)21-15-11-19(12-16-21)8-6-4-2/h9-17H,3-8H2,1-2H3/b23-17-. The van der Waals surface area contributed by atoms with Crippen molar-refractivity contribution in [3.05, 3.63) is 76.9 Å². The van der Waals surface area contributed by atoms with E-state index < -0.39 is 7.47 Å². The first-order valence-electron chi connectivity index (χ1n) is 9.92. The van der Waals surface area contributed by atoms with Crippen molar-refractivity contribution >= 4 is 19.0 Å². The highest BCUT2D eigenvalue weighted by Crippen LogP contribution is 2.21. The molecule has 0 saturated heterocycles. The molecule has 0 atom stereocenters. The number of hydrogen-bond donors (Lipinski definition) is 0. The van der Waals surface area contributed by atoms with E-state index in [9.17, 15) is 13.4 Å². The van der Waals surface area contributed by atoms with E-state index in [0.717, 1.165) is 55.7 Å². The number of unbranched alkanes of at least 4 members (excludes halogenated alkanes) is 2. The Kier molecular flexibility index (Phi) is 8.92. The van der Waals surface area contributed by atoms with E-state index in [4.69, 9.17) is 0 Å². The Bertz CT molecular complexity index is 768. The molecule has 0 spiro atoms. The van der Waals surface area contributed by atoms with E-state index in [2.05, 4.69) is 18.5 Å². The van der Waals surface area contributed by atoms with Gasteiger partial charge in [0.05, 0.1) is 0 Å². The average Bonchev–Trinajstić information content (AvgIpc) is 2.70. The normalized spacial score (nSPS) is 11.4. The van der Waals surface area contributed by atoms with Crippen LogP contribution in [0.5, 0.6) is 0 Å². The van der Waals surface area contributed by atoms with E-state index in [-0.39, 0.29) is 11.5 Å². The summed E-state index contributed by atoms with van der Waals surface area (Å²) in [6.07, 6.45) is 7.41. The van der Waals surface area contributed by atoms with Gasteiger partial charge in [0.1, 0.15) is 5.76 Å². The van der Waals surface area contributed by atoms with Crippen LogP contribution in [0, 0.1) is 0 Å². The average molecular weight is 384 g/mol.